The summed E-state index contributed by atoms with van der Waals surface area (Å²) in [7, 11) is 0. The van der Waals surface area contributed by atoms with Gasteiger partial charge in [-0.05, 0) is 48.6 Å². The third-order valence-electron chi connectivity index (χ3n) is 3.30. The third-order valence-corrected chi connectivity index (χ3v) is 4.25. The van der Waals surface area contributed by atoms with Crippen molar-refractivity contribution in [3.05, 3.63) is 28.8 Å². The summed E-state index contributed by atoms with van der Waals surface area (Å²) in [6, 6.07) is 6.63. The molecule has 1 aliphatic rings. The lowest BCUT2D eigenvalue weighted by molar-refractivity contribution is 0.784. The highest BCUT2D eigenvalue weighted by Gasteiger charge is 2.39. The molecular weight excluding hydrogens is 202 g/mol. The maximum absolute atomic E-state index is 9.12. The lowest BCUT2D eigenvalue weighted by atomic mass is 9.94. The molecule has 0 radical (unpaired) electrons. The van der Waals surface area contributed by atoms with Gasteiger partial charge in [-0.2, -0.15) is 5.26 Å². The zero-order valence-corrected chi connectivity index (χ0v) is 10.2. The molecular formula is C13H15NS. The van der Waals surface area contributed by atoms with Crippen molar-refractivity contribution in [3.8, 4) is 6.07 Å². The summed E-state index contributed by atoms with van der Waals surface area (Å²) in [6.07, 6.45) is 4.55. The fourth-order valence-electron chi connectivity index (χ4n) is 1.95. The third kappa shape index (κ3) is 1.77. The van der Waals surface area contributed by atoms with Gasteiger partial charge in [-0.15, -0.1) is 11.8 Å². The van der Waals surface area contributed by atoms with Gasteiger partial charge in [0, 0.05) is 4.90 Å². The van der Waals surface area contributed by atoms with Crippen molar-refractivity contribution >= 4 is 11.8 Å². The van der Waals surface area contributed by atoms with Crippen LogP contribution in [0.2, 0.25) is 0 Å². The van der Waals surface area contributed by atoms with Gasteiger partial charge >= 0.3 is 0 Å². The van der Waals surface area contributed by atoms with E-state index in [4.69, 9.17) is 5.26 Å². The zero-order chi connectivity index (χ0) is 11.1. The van der Waals surface area contributed by atoms with Crippen molar-refractivity contribution in [2.45, 2.75) is 37.0 Å². The number of aryl methyl sites for hydroxylation is 1. The Morgan fingerprint density at radius 3 is 2.53 bits per heavy atom. The standard InChI is InChI=1S/C13H15NS/c1-9-6-11(13(2)4-5-13)7-10(8-14)12(9)15-3/h6-7H,4-5H2,1-3H3. The molecule has 0 bridgehead atoms. The maximum Gasteiger partial charge on any atom is 0.100 e. The molecule has 1 aromatic rings. The fourth-order valence-corrected chi connectivity index (χ4v) is 2.66. The summed E-state index contributed by atoms with van der Waals surface area (Å²) < 4.78 is 0. The van der Waals surface area contributed by atoms with E-state index in [1.165, 1.54) is 24.0 Å². The normalized spacial score (nSPS) is 17.2. The molecule has 0 aliphatic heterocycles. The first-order valence-corrected chi connectivity index (χ1v) is 6.42. The Morgan fingerprint density at radius 2 is 2.07 bits per heavy atom. The Morgan fingerprint density at radius 1 is 1.40 bits per heavy atom. The average molecular weight is 217 g/mol. The van der Waals surface area contributed by atoms with E-state index in [0.717, 1.165) is 10.5 Å². The monoisotopic (exact) mass is 217 g/mol. The summed E-state index contributed by atoms with van der Waals surface area (Å²) >= 11 is 1.66. The Bertz CT molecular complexity index is 439. The van der Waals surface area contributed by atoms with Crippen molar-refractivity contribution < 1.29 is 0 Å². The molecule has 0 saturated heterocycles. The Labute approximate surface area is 95.5 Å². The largest absolute Gasteiger partial charge is 0.192 e. The number of rotatable bonds is 2. The topological polar surface area (TPSA) is 23.8 Å². The molecule has 1 aromatic carbocycles. The van der Waals surface area contributed by atoms with Crippen LogP contribution in [0.3, 0.4) is 0 Å². The molecule has 15 heavy (non-hydrogen) atoms. The van der Waals surface area contributed by atoms with E-state index in [1.54, 1.807) is 11.8 Å². The summed E-state index contributed by atoms with van der Waals surface area (Å²) in [5.74, 6) is 0. The van der Waals surface area contributed by atoms with Gasteiger partial charge in [-0.1, -0.05) is 13.0 Å². The van der Waals surface area contributed by atoms with E-state index in [1.807, 2.05) is 6.26 Å². The van der Waals surface area contributed by atoms with Gasteiger partial charge in [0.1, 0.15) is 6.07 Å². The SMILES string of the molecule is CSc1c(C)cc(C2(C)CC2)cc1C#N. The van der Waals surface area contributed by atoms with Crippen LogP contribution in [-0.2, 0) is 5.41 Å². The number of benzene rings is 1. The van der Waals surface area contributed by atoms with Crippen molar-refractivity contribution in [1.29, 1.82) is 5.26 Å². The smallest absolute Gasteiger partial charge is 0.100 e. The quantitative estimate of drug-likeness (QED) is 0.706. The van der Waals surface area contributed by atoms with Crippen LogP contribution in [0, 0.1) is 18.3 Å². The molecule has 2 heteroatoms. The van der Waals surface area contributed by atoms with Gasteiger partial charge in [-0.25, -0.2) is 0 Å². The van der Waals surface area contributed by atoms with Crippen LogP contribution in [0.25, 0.3) is 0 Å². The number of nitrogens with zero attached hydrogens (tertiary/aromatic N) is 1. The van der Waals surface area contributed by atoms with E-state index >= 15 is 0 Å². The minimum atomic E-state index is 0.354. The molecule has 0 atom stereocenters. The second-order valence-corrected chi connectivity index (χ2v) is 5.36. The van der Waals surface area contributed by atoms with Crippen molar-refractivity contribution in [3.63, 3.8) is 0 Å². The second kappa shape index (κ2) is 3.57. The van der Waals surface area contributed by atoms with Crippen LogP contribution in [0.15, 0.2) is 17.0 Å². The molecule has 0 spiro atoms. The lowest BCUT2D eigenvalue weighted by Crippen LogP contribution is -2.02. The molecule has 78 valence electrons. The number of hydrogen-bond acceptors (Lipinski definition) is 2. The molecule has 1 nitrogen and oxygen atoms in total. The maximum atomic E-state index is 9.12. The van der Waals surface area contributed by atoms with Gasteiger partial charge < -0.3 is 0 Å². The Balaban J connectivity index is 2.54. The summed E-state index contributed by atoms with van der Waals surface area (Å²) in [5, 5.41) is 9.12. The van der Waals surface area contributed by atoms with E-state index in [9.17, 15) is 0 Å². The van der Waals surface area contributed by atoms with Crippen LogP contribution in [0.1, 0.15) is 36.5 Å². The van der Waals surface area contributed by atoms with Gasteiger partial charge in [0.25, 0.3) is 0 Å². The molecule has 0 N–H and O–H groups in total. The van der Waals surface area contributed by atoms with Crippen LogP contribution >= 0.6 is 11.8 Å². The number of thioether (sulfide) groups is 1. The molecule has 1 aliphatic carbocycles. The van der Waals surface area contributed by atoms with Gasteiger partial charge in [0.15, 0.2) is 0 Å². The first-order chi connectivity index (χ1) is 7.10. The Hall–Kier alpha value is -0.940. The number of hydrogen-bond donors (Lipinski definition) is 0. The van der Waals surface area contributed by atoms with Crippen molar-refractivity contribution in [1.82, 2.24) is 0 Å². The van der Waals surface area contributed by atoms with Crippen LogP contribution in [-0.4, -0.2) is 6.26 Å². The summed E-state index contributed by atoms with van der Waals surface area (Å²) in [6.45, 7) is 4.38. The molecule has 2 rings (SSSR count). The van der Waals surface area contributed by atoms with Gasteiger partial charge in [0.2, 0.25) is 0 Å². The highest BCUT2D eigenvalue weighted by molar-refractivity contribution is 7.98. The minimum Gasteiger partial charge on any atom is -0.192 e. The van der Waals surface area contributed by atoms with E-state index in [-0.39, 0.29) is 0 Å². The second-order valence-electron chi connectivity index (χ2n) is 4.55. The molecule has 0 aromatic heterocycles. The van der Waals surface area contributed by atoms with Crippen molar-refractivity contribution in [2.75, 3.05) is 6.26 Å². The predicted molar refractivity (Wildman–Crippen MR) is 64.3 cm³/mol. The molecule has 0 unspecified atom stereocenters. The molecule has 0 heterocycles. The lowest BCUT2D eigenvalue weighted by Gasteiger charge is -2.13. The first-order valence-electron chi connectivity index (χ1n) is 5.20. The van der Waals surface area contributed by atoms with Crippen molar-refractivity contribution in [2.24, 2.45) is 0 Å². The van der Waals surface area contributed by atoms with Crippen LogP contribution < -0.4 is 0 Å². The van der Waals surface area contributed by atoms with E-state index in [2.05, 4.69) is 32.0 Å². The summed E-state index contributed by atoms with van der Waals surface area (Å²) in [4.78, 5) is 1.13. The molecule has 1 saturated carbocycles. The fraction of sp³-hybridized carbons (Fsp3) is 0.462. The minimum absolute atomic E-state index is 0.354. The Kier molecular flexibility index (Phi) is 2.52. The van der Waals surface area contributed by atoms with Crippen LogP contribution in [0.4, 0.5) is 0 Å². The summed E-state index contributed by atoms with van der Waals surface area (Å²) in [5.41, 5.74) is 3.78. The highest BCUT2D eigenvalue weighted by Crippen LogP contribution is 2.48. The van der Waals surface area contributed by atoms with Crippen LogP contribution in [0.5, 0.6) is 0 Å². The average Bonchev–Trinajstić information content (AvgIpc) is 2.96. The van der Waals surface area contributed by atoms with E-state index in [0.29, 0.717) is 5.41 Å². The molecule has 1 fully saturated rings. The molecule has 0 amide bonds. The number of nitriles is 1. The predicted octanol–water partition coefficient (Wildman–Crippen LogP) is 3.64. The highest BCUT2D eigenvalue weighted by atomic mass is 32.2. The zero-order valence-electron chi connectivity index (χ0n) is 9.42. The van der Waals surface area contributed by atoms with Gasteiger partial charge in [0.05, 0.1) is 5.56 Å². The van der Waals surface area contributed by atoms with E-state index < -0.39 is 0 Å². The van der Waals surface area contributed by atoms with Gasteiger partial charge in [-0.3, -0.25) is 0 Å². The first kappa shape index (κ1) is 10.6.